The van der Waals surface area contributed by atoms with E-state index in [1.165, 1.54) is 5.56 Å². The molecule has 0 amide bonds. The largest absolute Gasteiger partial charge is 0.494 e. The van der Waals surface area contributed by atoms with Crippen LogP contribution < -0.4 is 4.74 Å². The molecule has 0 heterocycles. The van der Waals surface area contributed by atoms with Gasteiger partial charge >= 0.3 is 0 Å². The Morgan fingerprint density at radius 2 is 2.07 bits per heavy atom. The number of Topliss-reactive ketones (excluding diaryl/α,β-unsaturated/α-hetero) is 1. The minimum Gasteiger partial charge on any atom is -0.494 e. The lowest BCUT2D eigenvalue weighted by molar-refractivity contribution is -0.118. The van der Waals surface area contributed by atoms with Crippen LogP contribution in [0.25, 0.3) is 0 Å². The van der Waals surface area contributed by atoms with Crippen molar-refractivity contribution >= 4 is 5.78 Å². The lowest BCUT2D eigenvalue weighted by atomic mass is 10.1. The van der Waals surface area contributed by atoms with Crippen LogP contribution in [0.3, 0.4) is 0 Å². The van der Waals surface area contributed by atoms with E-state index in [-0.39, 0.29) is 5.92 Å². The summed E-state index contributed by atoms with van der Waals surface area (Å²) in [5.74, 6) is 1.94. The Hall–Kier alpha value is -1.31. The van der Waals surface area contributed by atoms with Crippen molar-refractivity contribution < 1.29 is 9.53 Å². The summed E-state index contributed by atoms with van der Waals surface area (Å²) in [6.45, 7) is 4.35. The molecule has 0 spiro atoms. The highest BCUT2D eigenvalue weighted by Gasteiger charge is 2.41. The molecule has 2 heteroatoms. The van der Waals surface area contributed by atoms with Crippen LogP contribution in [-0.2, 0) is 4.79 Å². The Morgan fingerprint density at radius 3 is 2.53 bits per heavy atom. The van der Waals surface area contributed by atoms with E-state index in [0.29, 0.717) is 18.3 Å². The molecule has 0 bridgehead atoms. The quantitative estimate of drug-likeness (QED) is 0.753. The van der Waals surface area contributed by atoms with Gasteiger partial charge in [-0.15, -0.1) is 0 Å². The smallest absolute Gasteiger partial charge is 0.133 e. The van der Waals surface area contributed by atoms with Crippen LogP contribution in [0.2, 0.25) is 0 Å². The Labute approximate surface area is 90.3 Å². The van der Waals surface area contributed by atoms with Crippen LogP contribution >= 0.6 is 0 Å². The van der Waals surface area contributed by atoms with Crippen molar-refractivity contribution in [3.63, 3.8) is 0 Å². The second-order valence-corrected chi connectivity index (χ2v) is 4.06. The third kappa shape index (κ3) is 2.20. The topological polar surface area (TPSA) is 26.3 Å². The summed E-state index contributed by atoms with van der Waals surface area (Å²) in [6, 6.07) is 8.10. The summed E-state index contributed by atoms with van der Waals surface area (Å²) in [5.41, 5.74) is 1.26. The van der Waals surface area contributed by atoms with Gasteiger partial charge < -0.3 is 4.74 Å². The summed E-state index contributed by atoms with van der Waals surface area (Å²) in [5, 5.41) is 0. The van der Waals surface area contributed by atoms with E-state index in [4.69, 9.17) is 4.74 Å². The summed E-state index contributed by atoms with van der Waals surface area (Å²) >= 11 is 0. The van der Waals surface area contributed by atoms with Gasteiger partial charge in [-0.25, -0.2) is 0 Å². The molecule has 0 N–H and O–H groups in total. The monoisotopic (exact) mass is 204 g/mol. The minimum absolute atomic E-state index is 0.267. The molecule has 1 aromatic carbocycles. The minimum atomic E-state index is 0.267. The molecular weight excluding hydrogens is 188 g/mol. The molecule has 2 nitrogen and oxygen atoms in total. The summed E-state index contributed by atoms with van der Waals surface area (Å²) in [6.07, 6.45) is 1.02. The van der Waals surface area contributed by atoms with Gasteiger partial charge in [-0.3, -0.25) is 4.79 Å². The Balaban J connectivity index is 2.03. The van der Waals surface area contributed by atoms with Crippen LogP contribution in [0.4, 0.5) is 0 Å². The number of carbonyl (C=O) groups excluding carboxylic acids is 1. The fraction of sp³-hybridized carbons (Fsp3) is 0.462. The molecule has 1 aliphatic carbocycles. The fourth-order valence-corrected chi connectivity index (χ4v) is 1.99. The highest BCUT2D eigenvalue weighted by Crippen LogP contribution is 2.48. The number of ether oxygens (including phenoxy) is 1. The molecule has 2 rings (SSSR count). The molecule has 0 aromatic heterocycles. The van der Waals surface area contributed by atoms with E-state index >= 15 is 0 Å². The van der Waals surface area contributed by atoms with Crippen molar-refractivity contribution in [2.45, 2.75) is 26.2 Å². The second-order valence-electron chi connectivity index (χ2n) is 4.06. The molecule has 0 unspecified atom stereocenters. The van der Waals surface area contributed by atoms with Crippen molar-refractivity contribution in [1.29, 1.82) is 0 Å². The van der Waals surface area contributed by atoms with Gasteiger partial charge in [0.15, 0.2) is 0 Å². The predicted octanol–water partition coefficient (Wildman–Crippen LogP) is 2.78. The van der Waals surface area contributed by atoms with Gasteiger partial charge in [0.05, 0.1) is 6.61 Å². The third-order valence-electron chi connectivity index (χ3n) is 2.93. The molecule has 15 heavy (non-hydrogen) atoms. The summed E-state index contributed by atoms with van der Waals surface area (Å²) in [7, 11) is 0. The molecule has 1 saturated carbocycles. The first kappa shape index (κ1) is 10.2. The van der Waals surface area contributed by atoms with Crippen molar-refractivity contribution in [1.82, 2.24) is 0 Å². The third-order valence-corrected chi connectivity index (χ3v) is 2.93. The van der Waals surface area contributed by atoms with E-state index in [0.717, 1.165) is 12.2 Å². The number of ketones is 1. The molecule has 80 valence electrons. The molecule has 1 aromatic rings. The van der Waals surface area contributed by atoms with Gasteiger partial charge in [-0.1, -0.05) is 12.1 Å². The number of carbonyl (C=O) groups is 1. The first-order chi connectivity index (χ1) is 7.22. The molecule has 0 aliphatic heterocycles. The molecule has 0 saturated heterocycles. The molecule has 2 atom stereocenters. The standard InChI is InChI=1S/C13H16O2/c1-3-15-11-6-4-10(5-7-11)13-8-12(13)9(2)14/h4-7,12-13H,3,8H2,1-2H3/t12-,13+/m0/s1. The predicted molar refractivity (Wildman–Crippen MR) is 59.1 cm³/mol. The fourth-order valence-electron chi connectivity index (χ4n) is 1.99. The Bertz CT molecular complexity index is 353. The van der Waals surface area contributed by atoms with E-state index in [9.17, 15) is 4.79 Å². The SMILES string of the molecule is CCOc1ccc([C@H]2C[C@H]2C(C)=O)cc1. The van der Waals surface area contributed by atoms with Gasteiger partial charge in [0.25, 0.3) is 0 Å². The lowest BCUT2D eigenvalue weighted by Gasteiger charge is -2.04. The first-order valence-electron chi connectivity index (χ1n) is 5.45. The maximum Gasteiger partial charge on any atom is 0.133 e. The van der Waals surface area contributed by atoms with Crippen LogP contribution in [0.5, 0.6) is 5.75 Å². The zero-order chi connectivity index (χ0) is 10.8. The molecule has 1 aliphatic rings. The normalized spacial score (nSPS) is 23.6. The van der Waals surface area contributed by atoms with Gasteiger partial charge in [0, 0.05) is 5.92 Å². The summed E-state index contributed by atoms with van der Waals surface area (Å²) < 4.78 is 5.37. The van der Waals surface area contributed by atoms with Crippen molar-refractivity contribution in [2.75, 3.05) is 6.61 Å². The zero-order valence-corrected chi connectivity index (χ0v) is 9.19. The van der Waals surface area contributed by atoms with E-state index < -0.39 is 0 Å². The van der Waals surface area contributed by atoms with E-state index in [1.807, 2.05) is 19.1 Å². The van der Waals surface area contributed by atoms with Crippen molar-refractivity contribution in [2.24, 2.45) is 5.92 Å². The Kier molecular flexibility index (Phi) is 2.76. The van der Waals surface area contributed by atoms with Gasteiger partial charge in [0.1, 0.15) is 11.5 Å². The number of rotatable bonds is 4. The second kappa shape index (κ2) is 4.05. The molecular formula is C13H16O2. The highest BCUT2D eigenvalue weighted by molar-refractivity contribution is 5.82. The maximum absolute atomic E-state index is 11.1. The highest BCUT2D eigenvalue weighted by atomic mass is 16.5. The van der Waals surface area contributed by atoms with E-state index in [1.54, 1.807) is 6.92 Å². The Morgan fingerprint density at radius 1 is 1.40 bits per heavy atom. The lowest BCUT2D eigenvalue weighted by Crippen LogP contribution is -1.95. The number of hydrogen-bond acceptors (Lipinski definition) is 2. The molecule has 0 radical (unpaired) electrons. The van der Waals surface area contributed by atoms with Crippen molar-refractivity contribution in [3.05, 3.63) is 29.8 Å². The average Bonchev–Trinajstić information content (AvgIpc) is 2.99. The van der Waals surface area contributed by atoms with Gasteiger partial charge in [-0.2, -0.15) is 0 Å². The number of hydrogen-bond donors (Lipinski definition) is 0. The number of benzene rings is 1. The van der Waals surface area contributed by atoms with E-state index in [2.05, 4.69) is 12.1 Å². The van der Waals surface area contributed by atoms with Crippen LogP contribution in [0.1, 0.15) is 31.7 Å². The van der Waals surface area contributed by atoms with Crippen LogP contribution in [-0.4, -0.2) is 12.4 Å². The maximum atomic E-state index is 11.1. The van der Waals surface area contributed by atoms with Gasteiger partial charge in [0.2, 0.25) is 0 Å². The molecule has 1 fully saturated rings. The van der Waals surface area contributed by atoms with Crippen molar-refractivity contribution in [3.8, 4) is 5.75 Å². The van der Waals surface area contributed by atoms with Crippen LogP contribution in [0.15, 0.2) is 24.3 Å². The average molecular weight is 204 g/mol. The summed E-state index contributed by atoms with van der Waals surface area (Å²) in [4.78, 5) is 11.1. The first-order valence-corrected chi connectivity index (χ1v) is 5.45. The van der Waals surface area contributed by atoms with Gasteiger partial charge in [-0.05, 0) is 43.9 Å². The zero-order valence-electron chi connectivity index (χ0n) is 9.19. The van der Waals surface area contributed by atoms with Crippen LogP contribution in [0, 0.1) is 5.92 Å².